The monoisotopic (exact) mass is 318 g/mol. The zero-order valence-corrected chi connectivity index (χ0v) is 10.1. The first-order valence-corrected chi connectivity index (χ1v) is 6.29. The SMILES string of the molecule is C=O.O=S([O-])OS(=O)[O-].O=S([O-])OS(=O)[O-]. The Bertz CT molecular complexity index is 209. The van der Waals surface area contributed by atoms with E-state index in [2.05, 4.69) is 7.26 Å². The fourth-order valence-electron chi connectivity index (χ4n) is 0.0907. The van der Waals surface area contributed by atoms with Gasteiger partial charge < -0.3 is 23.0 Å². The molecule has 0 heterocycles. The second-order valence-electron chi connectivity index (χ2n) is 0.953. The van der Waals surface area contributed by atoms with E-state index in [1.807, 2.05) is 6.79 Å². The molecule has 15 heteroatoms. The van der Waals surface area contributed by atoms with Crippen LogP contribution < -0.4 is 0 Å². The number of carbonyl (C=O) groups excluding carboxylic acids is 1. The van der Waals surface area contributed by atoms with E-state index in [4.69, 9.17) is 4.79 Å². The first-order valence-electron chi connectivity index (χ1n) is 2.29. The highest BCUT2D eigenvalue weighted by Crippen LogP contribution is 1.79. The molecule has 0 aliphatic carbocycles. The Morgan fingerprint density at radius 2 is 0.750 bits per heavy atom. The van der Waals surface area contributed by atoms with Gasteiger partial charge in [0, 0.05) is 0 Å². The summed E-state index contributed by atoms with van der Waals surface area (Å²) in [5.41, 5.74) is 0. The topological polar surface area (TPSA) is 196 Å². The van der Waals surface area contributed by atoms with Crippen LogP contribution in [0.4, 0.5) is 0 Å². The van der Waals surface area contributed by atoms with Gasteiger partial charge >= 0.3 is 0 Å². The molecule has 0 aromatic carbocycles. The molecule has 0 rings (SSSR count). The molecule has 0 aliphatic heterocycles. The van der Waals surface area contributed by atoms with Crippen molar-refractivity contribution in [1.29, 1.82) is 0 Å². The van der Waals surface area contributed by atoms with E-state index >= 15 is 0 Å². The van der Waals surface area contributed by atoms with E-state index in [-0.39, 0.29) is 0 Å². The van der Waals surface area contributed by atoms with Crippen molar-refractivity contribution in [2.75, 3.05) is 0 Å². The van der Waals surface area contributed by atoms with Gasteiger partial charge in [-0.25, -0.2) is 24.1 Å². The van der Waals surface area contributed by atoms with Crippen molar-refractivity contribution in [3.63, 3.8) is 0 Å². The zero-order valence-electron chi connectivity index (χ0n) is 6.83. The van der Waals surface area contributed by atoms with E-state index in [0.29, 0.717) is 0 Å². The third-order valence-electron chi connectivity index (χ3n) is 0.222. The lowest BCUT2D eigenvalue weighted by Crippen LogP contribution is -1.97. The van der Waals surface area contributed by atoms with E-state index < -0.39 is 45.4 Å². The standard InChI is InChI=1S/CH2O.2H2O5S2/c1-2;2*1-6(2)5-7(3)4/h1H2;2*(H,1,2)(H,3,4)/p-4. The third kappa shape index (κ3) is 36.9. The van der Waals surface area contributed by atoms with Crippen molar-refractivity contribution in [1.82, 2.24) is 0 Å². The number of rotatable bonds is 4. The Labute approximate surface area is 99.5 Å². The lowest BCUT2D eigenvalue weighted by molar-refractivity contribution is -0.0980. The van der Waals surface area contributed by atoms with Gasteiger partial charge in [-0.1, -0.05) is 0 Å². The summed E-state index contributed by atoms with van der Waals surface area (Å²) < 4.78 is 79.7. The quantitative estimate of drug-likeness (QED) is 0.478. The molecule has 0 spiro atoms. The normalized spacial score (nSPS) is 16.5. The van der Waals surface area contributed by atoms with Crippen molar-refractivity contribution in [3.8, 4) is 0 Å². The second kappa shape index (κ2) is 15.0. The highest BCUT2D eigenvalue weighted by atomic mass is 32.3. The molecule has 0 aliphatic rings. The van der Waals surface area contributed by atoms with Crippen LogP contribution in [0.3, 0.4) is 0 Å². The Balaban J connectivity index is -0.000000183. The Hall–Kier alpha value is 0.0300. The van der Waals surface area contributed by atoms with Gasteiger partial charge in [0.1, 0.15) is 6.79 Å². The van der Waals surface area contributed by atoms with Crippen molar-refractivity contribution in [3.05, 3.63) is 0 Å². The van der Waals surface area contributed by atoms with Crippen LogP contribution in [-0.2, 0) is 57.5 Å². The molecule has 0 saturated carbocycles. The lowest BCUT2D eigenvalue weighted by atomic mass is 11.9. The summed E-state index contributed by atoms with van der Waals surface area (Å²) in [6.45, 7) is 2.00. The van der Waals surface area contributed by atoms with Crippen molar-refractivity contribution in [2.24, 2.45) is 0 Å². The Kier molecular flexibility index (Phi) is 20.0. The molecule has 11 nitrogen and oxygen atoms in total. The summed E-state index contributed by atoms with van der Waals surface area (Å²) in [5, 5.41) is 0. The summed E-state index contributed by atoms with van der Waals surface area (Å²) in [6.07, 6.45) is 0. The van der Waals surface area contributed by atoms with Gasteiger partial charge in [-0.3, -0.25) is 0 Å². The van der Waals surface area contributed by atoms with Gasteiger partial charge in [0.15, 0.2) is 0 Å². The summed E-state index contributed by atoms with van der Waals surface area (Å²) in [6, 6.07) is 0. The van der Waals surface area contributed by atoms with Gasteiger partial charge in [-0.15, -0.1) is 0 Å². The molecule has 100 valence electrons. The van der Waals surface area contributed by atoms with Crippen molar-refractivity contribution in [2.45, 2.75) is 0 Å². The Morgan fingerprint density at radius 3 is 0.750 bits per heavy atom. The van der Waals surface area contributed by atoms with Gasteiger partial charge in [0.05, 0.1) is 45.4 Å². The average Bonchev–Trinajstić information content (AvgIpc) is 2.03. The van der Waals surface area contributed by atoms with E-state index in [1.54, 1.807) is 0 Å². The summed E-state index contributed by atoms with van der Waals surface area (Å²) in [5.74, 6) is 0. The molecular weight excluding hydrogens is 316 g/mol. The first-order chi connectivity index (χ1) is 7.25. The maximum Gasteiger partial charge on any atom is 0.106 e. The average molecular weight is 318 g/mol. The predicted octanol–water partition coefficient (Wildman–Crippen LogP) is -3.00. The largest absolute Gasteiger partial charge is 0.749 e. The van der Waals surface area contributed by atoms with E-state index in [0.717, 1.165) is 0 Å². The smallest absolute Gasteiger partial charge is 0.106 e. The first kappa shape index (κ1) is 21.3. The van der Waals surface area contributed by atoms with Crippen molar-refractivity contribution < 1.29 is 47.1 Å². The molecule has 0 N–H and O–H groups in total. The zero-order chi connectivity index (χ0) is 13.7. The molecule has 0 unspecified atom stereocenters. The summed E-state index contributed by atoms with van der Waals surface area (Å²) in [4.78, 5) is 8.00. The molecule has 16 heavy (non-hydrogen) atoms. The van der Waals surface area contributed by atoms with Crippen LogP contribution in [0.1, 0.15) is 0 Å². The number of carbonyl (C=O) groups is 1. The van der Waals surface area contributed by atoms with Gasteiger partial charge in [0.2, 0.25) is 0 Å². The van der Waals surface area contributed by atoms with Gasteiger partial charge in [-0.2, -0.15) is 0 Å². The molecule has 0 bridgehead atoms. The summed E-state index contributed by atoms with van der Waals surface area (Å²) >= 11 is -11.8. The molecule has 0 amide bonds. The minimum absolute atomic E-state index is 2.00. The minimum atomic E-state index is -2.96. The summed E-state index contributed by atoms with van der Waals surface area (Å²) in [7, 11) is 0. The van der Waals surface area contributed by atoms with Crippen LogP contribution in [0.25, 0.3) is 0 Å². The molecule has 0 atom stereocenters. The van der Waals surface area contributed by atoms with Crippen LogP contribution in [-0.4, -0.2) is 41.8 Å². The van der Waals surface area contributed by atoms with E-state index in [9.17, 15) is 35.0 Å². The van der Waals surface area contributed by atoms with Crippen LogP contribution in [0.15, 0.2) is 0 Å². The number of hydrogen-bond donors (Lipinski definition) is 0. The molecule has 0 aromatic heterocycles. The fourth-order valence-corrected chi connectivity index (χ4v) is 0.816. The minimum Gasteiger partial charge on any atom is -0.749 e. The lowest BCUT2D eigenvalue weighted by Gasteiger charge is -2.04. The second-order valence-corrected chi connectivity index (χ2v) is 3.67. The highest BCUT2D eigenvalue weighted by molar-refractivity contribution is 7.88. The Morgan fingerprint density at radius 1 is 0.625 bits per heavy atom. The third-order valence-corrected chi connectivity index (χ3v) is 2.00. The molecular formula is CH2O11S4-4. The maximum atomic E-state index is 9.19. The molecule has 0 radical (unpaired) electrons. The van der Waals surface area contributed by atoms with Crippen LogP contribution in [0, 0.1) is 0 Å². The maximum absolute atomic E-state index is 9.19. The van der Waals surface area contributed by atoms with Gasteiger partial charge in [0.25, 0.3) is 0 Å². The van der Waals surface area contributed by atoms with Gasteiger partial charge in [-0.05, 0) is 0 Å². The molecule has 0 fully saturated rings. The molecule has 0 saturated heterocycles. The van der Waals surface area contributed by atoms with Crippen LogP contribution >= 0.6 is 0 Å². The molecule has 0 aromatic rings. The highest BCUT2D eigenvalue weighted by Gasteiger charge is 1.77. The number of hydrogen-bond acceptors (Lipinski definition) is 11. The van der Waals surface area contributed by atoms with Crippen molar-refractivity contribution >= 4 is 52.2 Å². The fraction of sp³-hybridized carbons (Fsp3) is 0. The predicted molar refractivity (Wildman–Crippen MR) is 45.0 cm³/mol. The van der Waals surface area contributed by atoms with Crippen LogP contribution in [0.5, 0.6) is 0 Å². The van der Waals surface area contributed by atoms with Crippen LogP contribution in [0.2, 0.25) is 0 Å². The van der Waals surface area contributed by atoms with E-state index in [1.165, 1.54) is 0 Å².